The number of para-hydroxylation sites is 2. The van der Waals surface area contributed by atoms with Crippen molar-refractivity contribution in [1.82, 2.24) is 14.6 Å². The van der Waals surface area contributed by atoms with Gasteiger partial charge in [-0.1, -0.05) is 42.5 Å². The first-order valence-electron chi connectivity index (χ1n) is 7.86. The highest BCUT2D eigenvalue weighted by Crippen LogP contribution is 2.26. The average Bonchev–Trinajstić information content (AvgIpc) is 3.02. The zero-order valence-corrected chi connectivity index (χ0v) is 13.5. The van der Waals surface area contributed by atoms with Crippen molar-refractivity contribution in [3.05, 3.63) is 76.2 Å². The summed E-state index contributed by atoms with van der Waals surface area (Å²) in [4.78, 5) is 27.4. The monoisotopic (exact) mass is 333 g/mol. The number of ether oxygens (including phenoxy) is 1. The lowest BCUT2D eigenvalue weighted by molar-refractivity contribution is 0.100. The molecule has 0 unspecified atom stereocenters. The number of H-pyrrole nitrogens is 1. The van der Waals surface area contributed by atoms with Gasteiger partial charge in [0.25, 0.3) is 5.56 Å². The molecule has 124 valence electrons. The van der Waals surface area contributed by atoms with Gasteiger partial charge in [-0.2, -0.15) is 5.10 Å². The number of nitrogens with zero attached hydrogens (tertiary/aromatic N) is 2. The van der Waals surface area contributed by atoms with Gasteiger partial charge in [-0.25, -0.2) is 4.52 Å². The first-order valence-corrected chi connectivity index (χ1v) is 7.86. The number of ketones is 1. The SMILES string of the molecule is CC(=O)c1nn2c(c1OCc1ccccc1)c(=O)[nH]c1ccccc12. The molecule has 6 heteroatoms. The molecular weight excluding hydrogens is 318 g/mol. The highest BCUT2D eigenvalue weighted by Gasteiger charge is 2.22. The van der Waals surface area contributed by atoms with Gasteiger partial charge in [-0.15, -0.1) is 0 Å². The molecule has 0 saturated heterocycles. The summed E-state index contributed by atoms with van der Waals surface area (Å²) < 4.78 is 7.32. The Bertz CT molecular complexity index is 1140. The van der Waals surface area contributed by atoms with Gasteiger partial charge in [0.15, 0.2) is 22.7 Å². The third-order valence-electron chi connectivity index (χ3n) is 4.00. The molecule has 2 aromatic carbocycles. The van der Waals surface area contributed by atoms with Crippen molar-refractivity contribution in [3.8, 4) is 5.75 Å². The fourth-order valence-corrected chi connectivity index (χ4v) is 2.82. The maximum atomic E-state index is 12.6. The zero-order chi connectivity index (χ0) is 17.4. The number of carbonyl (C=O) groups is 1. The van der Waals surface area contributed by atoms with E-state index in [4.69, 9.17) is 4.74 Å². The minimum atomic E-state index is -0.346. The zero-order valence-electron chi connectivity index (χ0n) is 13.5. The van der Waals surface area contributed by atoms with Crippen molar-refractivity contribution in [3.63, 3.8) is 0 Å². The molecule has 0 aliphatic carbocycles. The molecule has 0 bridgehead atoms. The van der Waals surface area contributed by atoms with Crippen LogP contribution in [0.3, 0.4) is 0 Å². The molecule has 0 saturated carbocycles. The van der Waals surface area contributed by atoms with Gasteiger partial charge >= 0.3 is 0 Å². The van der Waals surface area contributed by atoms with Crippen LogP contribution in [0.2, 0.25) is 0 Å². The van der Waals surface area contributed by atoms with Crippen LogP contribution in [0.5, 0.6) is 5.75 Å². The van der Waals surface area contributed by atoms with Gasteiger partial charge in [0.2, 0.25) is 0 Å². The molecule has 2 heterocycles. The molecule has 2 aromatic heterocycles. The molecule has 0 amide bonds. The van der Waals surface area contributed by atoms with Gasteiger partial charge in [0, 0.05) is 6.92 Å². The van der Waals surface area contributed by atoms with E-state index in [2.05, 4.69) is 10.1 Å². The number of rotatable bonds is 4. The van der Waals surface area contributed by atoms with Gasteiger partial charge in [0.1, 0.15) is 6.61 Å². The molecule has 0 fully saturated rings. The fraction of sp³-hybridized carbons (Fsp3) is 0.105. The summed E-state index contributed by atoms with van der Waals surface area (Å²) in [6.07, 6.45) is 0. The first-order chi connectivity index (χ1) is 12.1. The van der Waals surface area contributed by atoms with Crippen LogP contribution >= 0.6 is 0 Å². The predicted molar refractivity (Wildman–Crippen MR) is 94.1 cm³/mol. The molecule has 0 aliphatic rings. The maximum absolute atomic E-state index is 12.6. The van der Waals surface area contributed by atoms with E-state index >= 15 is 0 Å². The second-order valence-electron chi connectivity index (χ2n) is 5.74. The number of carbonyl (C=O) groups excluding carboxylic acids is 1. The second kappa shape index (κ2) is 5.90. The van der Waals surface area contributed by atoms with Crippen molar-refractivity contribution < 1.29 is 9.53 Å². The van der Waals surface area contributed by atoms with E-state index in [-0.39, 0.29) is 34.9 Å². The molecule has 0 spiro atoms. The minimum absolute atomic E-state index is 0.151. The minimum Gasteiger partial charge on any atom is -0.484 e. The topological polar surface area (TPSA) is 76.5 Å². The Morgan fingerprint density at radius 1 is 1.12 bits per heavy atom. The lowest BCUT2D eigenvalue weighted by Crippen LogP contribution is -2.11. The standard InChI is InChI=1S/C19H15N3O3/c1-12(23)16-18(25-11-13-7-3-2-4-8-13)17-19(24)20-14-9-5-6-10-15(14)22(17)21-16/h2-10H,11H2,1H3,(H,20,24). The van der Waals surface area contributed by atoms with Crippen molar-refractivity contribution >= 4 is 22.3 Å². The van der Waals surface area contributed by atoms with Crippen molar-refractivity contribution in [1.29, 1.82) is 0 Å². The number of aromatic nitrogens is 3. The molecule has 0 aliphatic heterocycles. The highest BCUT2D eigenvalue weighted by molar-refractivity contribution is 5.98. The number of Topliss-reactive ketones (excluding diaryl/α,β-unsaturated/α-hetero) is 1. The number of nitrogens with one attached hydrogen (secondary N) is 1. The van der Waals surface area contributed by atoms with Crippen LogP contribution in [-0.4, -0.2) is 20.4 Å². The summed E-state index contributed by atoms with van der Waals surface area (Å²) in [6, 6.07) is 16.8. The Morgan fingerprint density at radius 2 is 1.84 bits per heavy atom. The van der Waals surface area contributed by atoms with Crippen LogP contribution in [0.1, 0.15) is 23.0 Å². The lowest BCUT2D eigenvalue weighted by Gasteiger charge is -2.06. The number of hydrogen-bond donors (Lipinski definition) is 1. The summed E-state index contributed by atoms with van der Waals surface area (Å²) in [7, 11) is 0. The van der Waals surface area contributed by atoms with E-state index in [1.54, 1.807) is 6.07 Å². The quantitative estimate of drug-likeness (QED) is 0.583. The molecule has 0 radical (unpaired) electrons. The van der Waals surface area contributed by atoms with E-state index in [0.29, 0.717) is 11.0 Å². The molecule has 4 rings (SSSR count). The van der Waals surface area contributed by atoms with Gasteiger partial charge in [0.05, 0.1) is 11.0 Å². The summed E-state index contributed by atoms with van der Waals surface area (Å²) in [5.41, 5.74) is 2.33. The summed E-state index contributed by atoms with van der Waals surface area (Å²) in [6.45, 7) is 1.66. The number of fused-ring (bicyclic) bond motifs is 3. The smallest absolute Gasteiger partial charge is 0.278 e. The van der Waals surface area contributed by atoms with E-state index in [1.165, 1.54) is 11.4 Å². The van der Waals surface area contributed by atoms with Crippen molar-refractivity contribution in [2.45, 2.75) is 13.5 Å². The first kappa shape index (κ1) is 15.1. The van der Waals surface area contributed by atoms with Crippen molar-refractivity contribution in [2.75, 3.05) is 0 Å². The largest absolute Gasteiger partial charge is 0.484 e. The van der Waals surface area contributed by atoms with Crippen LogP contribution in [0, 0.1) is 0 Å². The number of hydrogen-bond acceptors (Lipinski definition) is 4. The van der Waals surface area contributed by atoms with Gasteiger partial charge in [-0.3, -0.25) is 9.59 Å². The summed E-state index contributed by atoms with van der Waals surface area (Å²) in [5.74, 6) is -0.0430. The predicted octanol–water partition coefficient (Wildman–Crippen LogP) is 2.96. The Balaban J connectivity index is 1.92. The van der Waals surface area contributed by atoms with E-state index in [1.807, 2.05) is 48.5 Å². The van der Waals surface area contributed by atoms with Crippen LogP contribution in [0.4, 0.5) is 0 Å². The van der Waals surface area contributed by atoms with E-state index in [0.717, 1.165) is 5.56 Å². The summed E-state index contributed by atoms with van der Waals surface area (Å²) in [5, 5.41) is 4.34. The normalized spacial score (nSPS) is 11.1. The Labute approximate surface area is 142 Å². The van der Waals surface area contributed by atoms with Gasteiger partial charge < -0.3 is 9.72 Å². The van der Waals surface area contributed by atoms with Crippen LogP contribution in [0.25, 0.3) is 16.6 Å². The van der Waals surface area contributed by atoms with E-state index < -0.39 is 0 Å². The lowest BCUT2D eigenvalue weighted by atomic mass is 10.2. The van der Waals surface area contributed by atoms with Gasteiger partial charge in [-0.05, 0) is 17.7 Å². The number of aromatic amines is 1. The Hall–Kier alpha value is -3.41. The maximum Gasteiger partial charge on any atom is 0.278 e. The Kier molecular flexibility index (Phi) is 3.57. The molecule has 0 atom stereocenters. The molecule has 1 N–H and O–H groups in total. The third kappa shape index (κ3) is 2.57. The van der Waals surface area contributed by atoms with E-state index in [9.17, 15) is 9.59 Å². The molecule has 25 heavy (non-hydrogen) atoms. The van der Waals surface area contributed by atoms with Crippen molar-refractivity contribution in [2.24, 2.45) is 0 Å². The molecular formula is C19H15N3O3. The second-order valence-corrected chi connectivity index (χ2v) is 5.74. The van der Waals surface area contributed by atoms with Crippen LogP contribution in [-0.2, 0) is 6.61 Å². The molecule has 6 nitrogen and oxygen atoms in total. The molecule has 4 aromatic rings. The third-order valence-corrected chi connectivity index (χ3v) is 4.00. The average molecular weight is 333 g/mol. The summed E-state index contributed by atoms with van der Waals surface area (Å²) >= 11 is 0. The Morgan fingerprint density at radius 3 is 2.60 bits per heavy atom. The van der Waals surface area contributed by atoms with Crippen LogP contribution in [0.15, 0.2) is 59.4 Å². The fourth-order valence-electron chi connectivity index (χ4n) is 2.82. The highest BCUT2D eigenvalue weighted by atomic mass is 16.5. The number of benzene rings is 2. The van der Waals surface area contributed by atoms with Crippen LogP contribution < -0.4 is 10.3 Å².